The van der Waals surface area contributed by atoms with Crippen LogP contribution in [0.25, 0.3) is 0 Å². The summed E-state index contributed by atoms with van der Waals surface area (Å²) in [6.07, 6.45) is 1.18. The number of benzene rings is 3. The zero-order valence-corrected chi connectivity index (χ0v) is 31.3. The Labute approximate surface area is 300 Å². The number of carbonyl (C=O) groups excluding carboxylic acids is 1. The van der Waals surface area contributed by atoms with Crippen molar-refractivity contribution in [3.63, 3.8) is 0 Å². The molecule has 0 radical (unpaired) electrons. The number of nitrogens with one attached hydrogen (secondary N) is 1. The minimum absolute atomic E-state index is 0.00743. The maximum atomic E-state index is 14.4. The summed E-state index contributed by atoms with van der Waals surface area (Å²) >= 11 is 5.98. The zero-order valence-electron chi connectivity index (χ0n) is 28.9. The third-order valence-electron chi connectivity index (χ3n) is 8.63. The first kappa shape index (κ1) is 39.4. The predicted octanol–water partition coefficient (Wildman–Crippen LogP) is 5.27. The van der Waals surface area contributed by atoms with Gasteiger partial charge >= 0.3 is 0 Å². The Hall–Kier alpha value is -3.40. The second-order valence-electron chi connectivity index (χ2n) is 12.5. The number of anilines is 1. The van der Waals surface area contributed by atoms with Crippen molar-refractivity contribution in [1.82, 2.24) is 9.21 Å². The lowest BCUT2D eigenvalue weighted by atomic mass is 10.0. The molecule has 3 aromatic carbocycles. The monoisotopic (exact) mass is 751 g/mol. The van der Waals surface area contributed by atoms with Crippen molar-refractivity contribution in [2.45, 2.75) is 68.1 Å². The van der Waals surface area contributed by atoms with Crippen LogP contribution in [0, 0.1) is 5.92 Å². The molecule has 1 aliphatic rings. The zero-order chi connectivity index (χ0) is 36.6. The molecular weight excluding hydrogens is 706 g/mol. The molecule has 0 saturated heterocycles. The SMILES string of the molecule is COc1ccc(S(=O)(=O)Nc2ccc3c(c2)C(=O)N([C@H](C)CO)C[C@H](C)[C@H](CN(C)S(=O)(=O)c2ccc(Cl)cc2)OCCCC[C@H](C)O3)cc1. The van der Waals surface area contributed by atoms with Gasteiger partial charge in [-0.2, -0.15) is 4.31 Å². The highest BCUT2D eigenvalue weighted by Gasteiger charge is 2.32. The lowest BCUT2D eigenvalue weighted by Gasteiger charge is -2.35. The van der Waals surface area contributed by atoms with Crippen LogP contribution in [0.2, 0.25) is 5.02 Å². The molecule has 2 N–H and O–H groups in total. The quantitative estimate of drug-likeness (QED) is 0.283. The minimum Gasteiger partial charge on any atom is -0.497 e. The normalized spacial score (nSPS) is 20.4. The van der Waals surface area contributed by atoms with Crippen molar-refractivity contribution in [2.75, 3.05) is 45.2 Å². The Bertz CT molecular complexity index is 1810. The summed E-state index contributed by atoms with van der Waals surface area (Å²) in [7, 11) is -4.94. The molecule has 0 unspecified atom stereocenters. The standard InChI is InChI=1S/C35H46ClN3O9S2/c1-24-21-39(25(2)23-40)35(41)32-20-28(37-49(42,43)30-16-12-29(46-5)13-17-30)11-18-33(32)48-26(3)8-6-7-19-47-34(24)22-38(4)50(44,45)31-14-9-27(36)10-15-31/h9-18,20,24-26,34,37,40H,6-8,19,21-23H2,1-5H3/t24-,25+,26-,34-/m0/s1. The highest BCUT2D eigenvalue weighted by molar-refractivity contribution is 7.92. The Morgan fingerprint density at radius 1 is 1.02 bits per heavy atom. The number of fused-ring (bicyclic) bond motifs is 1. The summed E-state index contributed by atoms with van der Waals surface area (Å²) in [5.74, 6) is -0.110. The first-order valence-electron chi connectivity index (χ1n) is 16.4. The summed E-state index contributed by atoms with van der Waals surface area (Å²) in [4.78, 5) is 16.0. The average Bonchev–Trinajstić information content (AvgIpc) is 3.09. The average molecular weight is 752 g/mol. The number of nitrogens with zero attached hydrogens (tertiary/aromatic N) is 2. The molecule has 0 aliphatic carbocycles. The summed E-state index contributed by atoms with van der Waals surface area (Å²) < 4.78 is 74.9. The largest absolute Gasteiger partial charge is 0.497 e. The number of rotatable bonds is 10. The molecule has 1 heterocycles. The molecule has 12 nitrogen and oxygen atoms in total. The van der Waals surface area contributed by atoms with Crippen LogP contribution in [0.4, 0.5) is 5.69 Å². The van der Waals surface area contributed by atoms with E-state index in [0.717, 1.165) is 6.42 Å². The van der Waals surface area contributed by atoms with E-state index in [1.54, 1.807) is 13.0 Å². The van der Waals surface area contributed by atoms with Crippen molar-refractivity contribution >= 4 is 43.2 Å². The fourth-order valence-electron chi connectivity index (χ4n) is 5.56. The van der Waals surface area contributed by atoms with Crippen molar-refractivity contribution in [1.29, 1.82) is 0 Å². The molecule has 4 atom stereocenters. The van der Waals surface area contributed by atoms with Crippen molar-refractivity contribution in [2.24, 2.45) is 5.92 Å². The van der Waals surface area contributed by atoms with Gasteiger partial charge in [-0.1, -0.05) is 18.5 Å². The Balaban J connectivity index is 1.67. The first-order chi connectivity index (χ1) is 23.7. The lowest BCUT2D eigenvalue weighted by Crippen LogP contribution is -2.48. The second kappa shape index (κ2) is 17.2. The van der Waals surface area contributed by atoms with Crippen LogP contribution in [-0.4, -0.2) is 95.8 Å². The van der Waals surface area contributed by atoms with E-state index in [9.17, 15) is 26.7 Å². The number of hydrogen-bond acceptors (Lipinski definition) is 9. The summed E-state index contributed by atoms with van der Waals surface area (Å²) in [6, 6.07) is 15.7. The molecule has 15 heteroatoms. The van der Waals surface area contributed by atoms with Crippen LogP contribution in [0.1, 0.15) is 50.4 Å². The van der Waals surface area contributed by atoms with Gasteiger partial charge in [-0.25, -0.2) is 16.8 Å². The third kappa shape index (κ3) is 9.89. The number of halogens is 1. The number of hydrogen-bond donors (Lipinski definition) is 2. The number of ether oxygens (including phenoxy) is 3. The van der Waals surface area contributed by atoms with Crippen LogP contribution in [0.3, 0.4) is 0 Å². The fourth-order valence-corrected chi connectivity index (χ4v) is 7.91. The number of likely N-dealkylation sites (N-methyl/N-ethyl adjacent to an activating group) is 1. The molecule has 3 aromatic rings. The van der Waals surface area contributed by atoms with Crippen molar-refractivity contribution in [3.8, 4) is 11.5 Å². The molecule has 50 heavy (non-hydrogen) atoms. The molecule has 0 bridgehead atoms. The van der Waals surface area contributed by atoms with Gasteiger partial charge in [0.2, 0.25) is 10.0 Å². The second-order valence-corrected chi connectivity index (χ2v) is 16.7. The molecule has 0 aromatic heterocycles. The van der Waals surface area contributed by atoms with Gasteiger partial charge in [0.1, 0.15) is 11.5 Å². The van der Waals surface area contributed by atoms with Gasteiger partial charge in [-0.3, -0.25) is 9.52 Å². The minimum atomic E-state index is -4.03. The molecule has 274 valence electrons. The van der Waals surface area contributed by atoms with Gasteiger partial charge in [0.15, 0.2) is 0 Å². The molecule has 1 amide bonds. The van der Waals surface area contributed by atoms with E-state index < -0.39 is 38.1 Å². The number of sulfonamides is 2. The first-order valence-corrected chi connectivity index (χ1v) is 19.7. The van der Waals surface area contributed by atoms with E-state index in [-0.39, 0.29) is 58.5 Å². The van der Waals surface area contributed by atoms with Crippen LogP contribution in [0.5, 0.6) is 11.5 Å². The summed E-state index contributed by atoms with van der Waals surface area (Å²) in [5.41, 5.74) is 0.251. The highest BCUT2D eigenvalue weighted by atomic mass is 35.5. The molecule has 1 aliphatic heterocycles. The van der Waals surface area contributed by atoms with Gasteiger partial charge in [-0.05, 0) is 99.8 Å². The molecule has 0 spiro atoms. The van der Waals surface area contributed by atoms with Gasteiger partial charge < -0.3 is 24.2 Å². The van der Waals surface area contributed by atoms with E-state index in [2.05, 4.69) is 4.72 Å². The predicted molar refractivity (Wildman–Crippen MR) is 192 cm³/mol. The van der Waals surface area contributed by atoms with E-state index in [1.807, 2.05) is 13.8 Å². The Morgan fingerprint density at radius 2 is 1.68 bits per heavy atom. The van der Waals surface area contributed by atoms with Crippen LogP contribution in [-0.2, 0) is 24.8 Å². The van der Waals surface area contributed by atoms with Gasteiger partial charge in [0.25, 0.3) is 15.9 Å². The maximum absolute atomic E-state index is 14.4. The summed E-state index contributed by atoms with van der Waals surface area (Å²) in [5, 5.41) is 10.6. The van der Waals surface area contributed by atoms with Gasteiger partial charge in [-0.15, -0.1) is 0 Å². The van der Waals surface area contributed by atoms with Crippen LogP contribution < -0.4 is 14.2 Å². The molecule has 4 rings (SSSR count). The molecular formula is C35H46ClN3O9S2. The van der Waals surface area contributed by atoms with Crippen LogP contribution in [0.15, 0.2) is 76.5 Å². The van der Waals surface area contributed by atoms with Crippen molar-refractivity contribution < 1.29 is 40.9 Å². The molecule has 0 saturated carbocycles. The van der Waals surface area contributed by atoms with E-state index >= 15 is 0 Å². The number of methoxy groups -OCH3 is 1. The van der Waals surface area contributed by atoms with Crippen LogP contribution >= 0.6 is 11.6 Å². The highest BCUT2D eigenvalue weighted by Crippen LogP contribution is 2.30. The van der Waals surface area contributed by atoms with Gasteiger partial charge in [0.05, 0.1) is 47.3 Å². The summed E-state index contributed by atoms with van der Waals surface area (Å²) in [6.45, 7) is 5.56. The number of amides is 1. The Kier molecular flexibility index (Phi) is 13.6. The smallest absolute Gasteiger partial charge is 0.261 e. The number of aliphatic hydroxyl groups excluding tert-OH is 1. The lowest BCUT2D eigenvalue weighted by molar-refractivity contribution is -0.00833. The maximum Gasteiger partial charge on any atom is 0.261 e. The van der Waals surface area contributed by atoms with Gasteiger partial charge in [0, 0.05) is 43.4 Å². The van der Waals surface area contributed by atoms with Crippen molar-refractivity contribution in [3.05, 3.63) is 77.3 Å². The Morgan fingerprint density at radius 3 is 2.32 bits per heavy atom. The number of aliphatic hydroxyl groups is 1. The van der Waals surface area contributed by atoms with E-state index in [4.69, 9.17) is 25.8 Å². The number of carbonyl (C=O) groups is 1. The fraction of sp³-hybridized carbons (Fsp3) is 0.457. The molecule has 0 fully saturated rings. The topological polar surface area (TPSA) is 152 Å². The third-order valence-corrected chi connectivity index (χ3v) is 12.1. The van der Waals surface area contributed by atoms with E-state index in [1.165, 1.54) is 84.0 Å². The van der Waals surface area contributed by atoms with E-state index in [0.29, 0.717) is 30.2 Å².